The molecule has 0 aromatic carbocycles. The molecular weight excluding hydrogens is 320 g/mol. The largest absolute Gasteiger partial charge is 0.341 e. The van der Waals surface area contributed by atoms with Gasteiger partial charge >= 0.3 is 0 Å². The minimum atomic E-state index is -0.550. The van der Waals surface area contributed by atoms with E-state index in [0.29, 0.717) is 25.4 Å². The highest BCUT2D eigenvalue weighted by Crippen LogP contribution is 2.52. The molecule has 0 bridgehead atoms. The molecule has 1 aromatic rings. The Morgan fingerprint density at radius 2 is 2.24 bits per heavy atom. The summed E-state index contributed by atoms with van der Waals surface area (Å²) in [6.45, 7) is 2.12. The maximum Gasteiger partial charge on any atom is 0.248 e. The maximum atomic E-state index is 13.0. The predicted octanol–water partition coefficient (Wildman–Crippen LogP) is 0.661. The number of hydrogen-bond donors (Lipinski definition) is 3. The van der Waals surface area contributed by atoms with Gasteiger partial charge in [-0.3, -0.25) is 19.8 Å². The van der Waals surface area contributed by atoms with E-state index < -0.39 is 17.9 Å². The maximum absolute atomic E-state index is 13.0. The van der Waals surface area contributed by atoms with Crippen LogP contribution in [0.1, 0.15) is 37.2 Å². The Balaban J connectivity index is 1.45. The van der Waals surface area contributed by atoms with Crippen molar-refractivity contribution in [2.24, 2.45) is 11.3 Å². The van der Waals surface area contributed by atoms with Crippen LogP contribution in [0.25, 0.3) is 0 Å². The highest BCUT2D eigenvalue weighted by atomic mass is 16.5. The number of carbonyl (C=O) groups is 2. The zero-order valence-corrected chi connectivity index (χ0v) is 14.1. The number of rotatable bonds is 3. The fourth-order valence-electron chi connectivity index (χ4n) is 4.32. The number of hydrogen-bond acceptors (Lipinski definition) is 5. The molecule has 3 fully saturated rings. The van der Waals surface area contributed by atoms with E-state index in [0.717, 1.165) is 31.4 Å². The third-order valence-electron chi connectivity index (χ3n) is 6.08. The minimum Gasteiger partial charge on any atom is -0.341 e. The van der Waals surface area contributed by atoms with Crippen molar-refractivity contribution in [3.63, 3.8) is 0 Å². The Hall–Kier alpha value is -1.99. The van der Waals surface area contributed by atoms with E-state index in [-0.39, 0.29) is 11.3 Å². The van der Waals surface area contributed by atoms with Gasteiger partial charge < -0.3 is 10.2 Å². The molecule has 7 heteroatoms. The van der Waals surface area contributed by atoms with E-state index in [1.165, 1.54) is 0 Å². The molecule has 1 aromatic heterocycles. The fraction of sp³-hybridized carbons (Fsp3) is 0.611. The molecule has 2 aliphatic heterocycles. The smallest absolute Gasteiger partial charge is 0.248 e. The van der Waals surface area contributed by atoms with Crippen molar-refractivity contribution in [3.8, 4) is 0 Å². The molecule has 3 heterocycles. The number of carbonyl (C=O) groups excluding carboxylic acids is 2. The van der Waals surface area contributed by atoms with E-state index in [1.807, 2.05) is 23.2 Å². The number of piperidine rings is 1. The first-order chi connectivity index (χ1) is 12.1. The van der Waals surface area contributed by atoms with Crippen LogP contribution in [-0.2, 0) is 9.59 Å². The highest BCUT2D eigenvalue weighted by molar-refractivity contribution is 5.90. The first-order valence-electron chi connectivity index (χ1n) is 8.98. The van der Waals surface area contributed by atoms with E-state index in [1.54, 1.807) is 11.7 Å². The summed E-state index contributed by atoms with van der Waals surface area (Å²) in [5.41, 5.74) is 3.05. The Bertz CT molecular complexity index is 662. The second-order valence-electron chi connectivity index (χ2n) is 7.70. The van der Waals surface area contributed by atoms with Gasteiger partial charge in [0.25, 0.3) is 0 Å². The Kier molecular flexibility index (Phi) is 4.21. The first kappa shape index (κ1) is 16.5. The van der Waals surface area contributed by atoms with E-state index in [4.69, 9.17) is 5.21 Å². The second kappa shape index (κ2) is 6.38. The van der Waals surface area contributed by atoms with Gasteiger partial charge in [0.2, 0.25) is 11.8 Å². The van der Waals surface area contributed by atoms with Crippen LogP contribution in [0.5, 0.6) is 0 Å². The van der Waals surface area contributed by atoms with Gasteiger partial charge in [-0.25, -0.2) is 5.48 Å². The number of likely N-dealkylation sites (tertiary alicyclic amines) is 1. The molecule has 1 unspecified atom stereocenters. The number of amides is 2. The number of hydroxylamine groups is 1. The SMILES string of the molecule is O=C(NO)[C@H]1CC2(CC2)CN[C@@H]1C(=O)N1CCC(c2cccnc2)C1. The van der Waals surface area contributed by atoms with Gasteiger partial charge in [-0.1, -0.05) is 6.07 Å². The number of pyridine rings is 1. The third kappa shape index (κ3) is 3.14. The fourth-order valence-corrected chi connectivity index (χ4v) is 4.32. The molecule has 3 atom stereocenters. The molecule has 1 aliphatic carbocycles. The standard InChI is InChI=1S/C18H24N4O3/c23-16(21-25)14-8-18(4-5-18)11-20-15(14)17(24)22-7-3-13(10-22)12-2-1-6-19-9-12/h1-2,6,9,13-15,20,25H,3-5,7-8,10-11H2,(H,21,23)/t13?,14-,15-/m0/s1. The Morgan fingerprint density at radius 1 is 1.40 bits per heavy atom. The lowest BCUT2D eigenvalue weighted by Crippen LogP contribution is -2.58. The lowest BCUT2D eigenvalue weighted by atomic mass is 9.81. The van der Waals surface area contributed by atoms with Crippen LogP contribution in [0.15, 0.2) is 24.5 Å². The van der Waals surface area contributed by atoms with E-state index in [9.17, 15) is 9.59 Å². The quantitative estimate of drug-likeness (QED) is 0.553. The monoisotopic (exact) mass is 344 g/mol. The first-order valence-corrected chi connectivity index (χ1v) is 8.98. The third-order valence-corrected chi connectivity index (χ3v) is 6.08. The summed E-state index contributed by atoms with van der Waals surface area (Å²) in [4.78, 5) is 31.2. The van der Waals surface area contributed by atoms with Gasteiger partial charge in [0.15, 0.2) is 0 Å². The van der Waals surface area contributed by atoms with Crippen molar-refractivity contribution < 1.29 is 14.8 Å². The molecule has 4 rings (SSSR count). The summed E-state index contributed by atoms with van der Waals surface area (Å²) < 4.78 is 0. The van der Waals surface area contributed by atoms with Crippen LogP contribution >= 0.6 is 0 Å². The Labute approximate surface area is 146 Å². The number of nitrogens with one attached hydrogen (secondary N) is 2. The normalized spacial score (nSPS) is 30.3. The predicted molar refractivity (Wildman–Crippen MR) is 89.7 cm³/mol. The van der Waals surface area contributed by atoms with Crippen molar-refractivity contribution in [2.45, 2.75) is 37.6 Å². The summed E-state index contributed by atoms with van der Waals surface area (Å²) in [5, 5.41) is 12.4. The summed E-state index contributed by atoms with van der Waals surface area (Å²) in [6.07, 6.45) is 7.36. The highest BCUT2D eigenvalue weighted by Gasteiger charge is 2.53. The molecule has 2 saturated heterocycles. The topological polar surface area (TPSA) is 94.6 Å². The molecule has 1 saturated carbocycles. The zero-order valence-electron chi connectivity index (χ0n) is 14.1. The molecule has 3 aliphatic rings. The lowest BCUT2D eigenvalue weighted by molar-refractivity contribution is -0.144. The van der Waals surface area contributed by atoms with E-state index >= 15 is 0 Å². The molecule has 3 N–H and O–H groups in total. The molecule has 25 heavy (non-hydrogen) atoms. The van der Waals surface area contributed by atoms with Crippen molar-refractivity contribution in [1.82, 2.24) is 20.7 Å². The summed E-state index contributed by atoms with van der Waals surface area (Å²) in [7, 11) is 0. The van der Waals surface area contributed by atoms with Crippen molar-refractivity contribution in [1.29, 1.82) is 0 Å². The van der Waals surface area contributed by atoms with Crippen LogP contribution in [0.3, 0.4) is 0 Å². The van der Waals surface area contributed by atoms with Gasteiger partial charge in [-0.2, -0.15) is 0 Å². The van der Waals surface area contributed by atoms with Crippen LogP contribution in [0.2, 0.25) is 0 Å². The number of aromatic nitrogens is 1. The average Bonchev–Trinajstić information content (AvgIpc) is 3.22. The Morgan fingerprint density at radius 3 is 2.92 bits per heavy atom. The van der Waals surface area contributed by atoms with Gasteiger partial charge in [0.05, 0.1) is 12.0 Å². The summed E-state index contributed by atoms with van der Waals surface area (Å²) in [5.74, 6) is -0.706. The minimum absolute atomic E-state index is 0.0320. The van der Waals surface area contributed by atoms with Crippen LogP contribution < -0.4 is 10.8 Å². The average molecular weight is 344 g/mol. The van der Waals surface area contributed by atoms with Crippen LogP contribution in [0.4, 0.5) is 0 Å². The zero-order chi connectivity index (χ0) is 17.4. The molecule has 0 radical (unpaired) electrons. The van der Waals surface area contributed by atoms with Gasteiger partial charge in [-0.15, -0.1) is 0 Å². The molecule has 1 spiro atoms. The number of nitrogens with zero attached hydrogens (tertiary/aromatic N) is 2. The molecule has 7 nitrogen and oxygen atoms in total. The van der Waals surface area contributed by atoms with Crippen LogP contribution in [0, 0.1) is 11.3 Å². The van der Waals surface area contributed by atoms with Gasteiger partial charge in [0.1, 0.15) is 0 Å². The second-order valence-corrected chi connectivity index (χ2v) is 7.70. The molecule has 134 valence electrons. The van der Waals surface area contributed by atoms with Crippen molar-refractivity contribution in [3.05, 3.63) is 30.1 Å². The summed E-state index contributed by atoms with van der Waals surface area (Å²) in [6, 6.07) is 3.41. The van der Waals surface area contributed by atoms with Gasteiger partial charge in [-0.05, 0) is 42.7 Å². The molecular formula is C18H24N4O3. The van der Waals surface area contributed by atoms with Crippen molar-refractivity contribution in [2.75, 3.05) is 19.6 Å². The lowest BCUT2D eigenvalue weighted by Gasteiger charge is -2.37. The van der Waals surface area contributed by atoms with Crippen LogP contribution in [-0.4, -0.2) is 52.6 Å². The van der Waals surface area contributed by atoms with E-state index in [2.05, 4.69) is 10.3 Å². The van der Waals surface area contributed by atoms with Gasteiger partial charge in [0, 0.05) is 37.9 Å². The van der Waals surface area contributed by atoms with Crippen molar-refractivity contribution >= 4 is 11.8 Å². The summed E-state index contributed by atoms with van der Waals surface area (Å²) >= 11 is 0. The molecule has 2 amide bonds.